The molecule has 5 heteroatoms. The summed E-state index contributed by atoms with van der Waals surface area (Å²) in [6.45, 7) is 6.64. The fourth-order valence-electron chi connectivity index (χ4n) is 2.45. The van der Waals surface area contributed by atoms with Crippen LogP contribution in [0.1, 0.15) is 52.0 Å². The molecule has 0 amide bonds. The lowest BCUT2D eigenvalue weighted by Gasteiger charge is -2.35. The summed E-state index contributed by atoms with van der Waals surface area (Å²) in [5.41, 5.74) is 1.03. The first-order chi connectivity index (χ1) is 12.4. The van der Waals surface area contributed by atoms with Crippen molar-refractivity contribution in [2.75, 3.05) is 13.2 Å². The molecule has 1 aromatic carbocycles. The maximum Gasteiger partial charge on any atom is 0.364 e. The van der Waals surface area contributed by atoms with Crippen LogP contribution < -0.4 is 0 Å². The molecule has 4 nitrogen and oxygen atoms in total. The van der Waals surface area contributed by atoms with E-state index in [4.69, 9.17) is 9.05 Å². The Morgan fingerprint density at radius 1 is 1.27 bits per heavy atom. The number of hydrogen-bond donors (Lipinski definition) is 1. The van der Waals surface area contributed by atoms with E-state index in [2.05, 4.69) is 18.8 Å². The topological polar surface area (TPSA) is 55.8 Å². The summed E-state index contributed by atoms with van der Waals surface area (Å²) in [5, 5.41) is 10.7. The van der Waals surface area contributed by atoms with E-state index in [-0.39, 0.29) is 18.6 Å². The summed E-state index contributed by atoms with van der Waals surface area (Å²) in [6, 6.07) is 9.55. The van der Waals surface area contributed by atoms with Crippen molar-refractivity contribution >= 4 is 13.7 Å². The second-order valence-corrected chi connectivity index (χ2v) is 9.48. The monoisotopic (exact) mass is 376 g/mol. The fourth-order valence-corrected chi connectivity index (χ4v) is 4.35. The number of aliphatic hydroxyl groups excluding tert-OH is 1. The number of hydrogen-bond acceptors (Lipinski definition) is 4. The zero-order chi connectivity index (χ0) is 19.0. The van der Waals surface area contributed by atoms with Gasteiger partial charge in [-0.15, -0.1) is 0 Å². The highest BCUT2D eigenvalue weighted by atomic mass is 31.2. The maximum atomic E-state index is 13.0. The lowest BCUT2D eigenvalue weighted by molar-refractivity contribution is 0.0274. The first-order valence-corrected chi connectivity index (χ1v) is 10.8. The molecule has 1 saturated heterocycles. The molecule has 0 bridgehead atoms. The Morgan fingerprint density at radius 3 is 2.54 bits per heavy atom. The lowest BCUT2D eigenvalue weighted by atomic mass is 9.97. The molecular formula is C21H29O4P. The van der Waals surface area contributed by atoms with E-state index in [0.717, 1.165) is 31.2 Å². The van der Waals surface area contributed by atoms with E-state index in [1.54, 1.807) is 6.08 Å². The highest BCUT2D eigenvalue weighted by Crippen LogP contribution is 2.58. The molecule has 1 aromatic rings. The second kappa shape index (κ2) is 9.53. The molecule has 0 aliphatic carbocycles. The minimum Gasteiger partial charge on any atom is -0.376 e. The van der Waals surface area contributed by atoms with Crippen LogP contribution in [0.15, 0.2) is 35.9 Å². The Morgan fingerprint density at radius 2 is 1.92 bits per heavy atom. The zero-order valence-electron chi connectivity index (χ0n) is 15.9. The molecular weight excluding hydrogens is 347 g/mol. The van der Waals surface area contributed by atoms with Gasteiger partial charge in [0.05, 0.1) is 13.2 Å². The van der Waals surface area contributed by atoms with Crippen molar-refractivity contribution in [3.05, 3.63) is 41.5 Å². The van der Waals surface area contributed by atoms with Crippen LogP contribution >= 0.6 is 7.60 Å². The van der Waals surface area contributed by atoms with E-state index >= 15 is 0 Å². The normalized spacial score (nSPS) is 20.1. The minimum atomic E-state index is -3.65. The summed E-state index contributed by atoms with van der Waals surface area (Å²) < 4.78 is 23.9. The Bertz CT molecular complexity index is 699. The predicted molar refractivity (Wildman–Crippen MR) is 106 cm³/mol. The number of benzene rings is 1. The lowest BCUT2D eigenvalue weighted by Crippen LogP contribution is -2.32. The van der Waals surface area contributed by atoms with Gasteiger partial charge in [-0.25, -0.2) is 0 Å². The summed E-state index contributed by atoms with van der Waals surface area (Å²) >= 11 is 0. The van der Waals surface area contributed by atoms with Crippen LogP contribution in [-0.2, 0) is 13.6 Å². The third-order valence-electron chi connectivity index (χ3n) is 4.11. The van der Waals surface area contributed by atoms with Gasteiger partial charge in [-0.2, -0.15) is 0 Å². The molecule has 0 saturated carbocycles. The molecule has 1 atom stereocenters. The van der Waals surface area contributed by atoms with Gasteiger partial charge in [0.25, 0.3) is 0 Å². The SMILES string of the molecule is CCCCCC#C/C(=C\c1ccccc1)C(O)P1(=O)OCC(C)(C)CO1. The van der Waals surface area contributed by atoms with E-state index in [1.165, 1.54) is 0 Å². The Labute approximate surface area is 157 Å². The molecule has 2 rings (SSSR count). The average molecular weight is 376 g/mol. The Kier molecular flexibility index (Phi) is 7.68. The van der Waals surface area contributed by atoms with Gasteiger partial charge in [0.1, 0.15) is 0 Å². The largest absolute Gasteiger partial charge is 0.376 e. The zero-order valence-corrected chi connectivity index (χ0v) is 16.8. The third kappa shape index (κ3) is 6.11. The predicted octanol–water partition coefficient (Wildman–Crippen LogP) is 5.24. The van der Waals surface area contributed by atoms with Crippen LogP contribution in [0.5, 0.6) is 0 Å². The Hall–Kier alpha value is -1.37. The molecule has 1 heterocycles. The minimum absolute atomic E-state index is 0.219. The molecule has 1 fully saturated rings. The van der Waals surface area contributed by atoms with E-state index < -0.39 is 13.4 Å². The average Bonchev–Trinajstić information content (AvgIpc) is 2.63. The van der Waals surface area contributed by atoms with Crippen LogP contribution in [0.2, 0.25) is 0 Å². The summed E-state index contributed by atoms with van der Waals surface area (Å²) in [7, 11) is -3.65. The van der Waals surface area contributed by atoms with Gasteiger partial charge < -0.3 is 14.2 Å². The smallest absolute Gasteiger partial charge is 0.364 e. The molecule has 0 radical (unpaired) electrons. The fraction of sp³-hybridized carbons (Fsp3) is 0.524. The van der Waals surface area contributed by atoms with Crippen LogP contribution in [0.3, 0.4) is 0 Å². The summed E-state index contributed by atoms with van der Waals surface area (Å²) in [4.78, 5) is 0. The van der Waals surface area contributed by atoms with Crippen molar-refractivity contribution in [2.24, 2.45) is 5.41 Å². The molecule has 26 heavy (non-hydrogen) atoms. The number of unbranched alkanes of at least 4 members (excludes halogenated alkanes) is 3. The maximum absolute atomic E-state index is 13.0. The standard InChI is InChI=1S/C21H29O4P/c1-4-5-6-7-11-14-19(15-18-12-9-8-10-13-18)20(22)26(23)24-16-21(2,3)17-25-26/h8-10,12-13,15,20,22H,4-7,16-17H2,1-3H3/b19-15+. The second-order valence-electron chi connectivity index (χ2n) is 7.39. The van der Waals surface area contributed by atoms with Gasteiger partial charge in [-0.3, -0.25) is 4.57 Å². The third-order valence-corrected chi connectivity index (χ3v) is 5.96. The molecule has 1 unspecified atom stereocenters. The van der Waals surface area contributed by atoms with Gasteiger partial charge in [-0.05, 0) is 18.1 Å². The van der Waals surface area contributed by atoms with Crippen LogP contribution in [0.4, 0.5) is 0 Å². The van der Waals surface area contributed by atoms with Gasteiger partial charge >= 0.3 is 7.60 Å². The van der Waals surface area contributed by atoms with Crippen molar-refractivity contribution < 1.29 is 18.7 Å². The molecule has 1 N–H and O–H groups in total. The quantitative estimate of drug-likeness (QED) is 0.419. The summed E-state index contributed by atoms with van der Waals surface area (Å²) in [6.07, 6.45) is 5.75. The number of rotatable bonds is 6. The first kappa shape index (κ1) is 20.9. The summed E-state index contributed by atoms with van der Waals surface area (Å²) in [5.74, 6) is 4.71. The van der Waals surface area contributed by atoms with Crippen molar-refractivity contribution in [3.8, 4) is 11.8 Å². The van der Waals surface area contributed by atoms with Gasteiger partial charge in [0, 0.05) is 17.4 Å². The number of aliphatic hydroxyl groups is 1. The highest BCUT2D eigenvalue weighted by molar-refractivity contribution is 7.54. The molecule has 0 aromatic heterocycles. The van der Waals surface area contributed by atoms with Crippen molar-refractivity contribution in [1.82, 2.24) is 0 Å². The van der Waals surface area contributed by atoms with Crippen molar-refractivity contribution in [1.29, 1.82) is 0 Å². The van der Waals surface area contributed by atoms with Gasteiger partial charge in [0.2, 0.25) is 0 Å². The van der Waals surface area contributed by atoms with Gasteiger partial charge in [0.15, 0.2) is 5.85 Å². The first-order valence-electron chi connectivity index (χ1n) is 9.19. The van der Waals surface area contributed by atoms with Crippen molar-refractivity contribution in [3.63, 3.8) is 0 Å². The van der Waals surface area contributed by atoms with Crippen molar-refractivity contribution in [2.45, 2.75) is 52.3 Å². The highest BCUT2D eigenvalue weighted by Gasteiger charge is 2.43. The van der Waals surface area contributed by atoms with Crippen LogP contribution in [0.25, 0.3) is 6.08 Å². The Balaban J connectivity index is 2.22. The van der Waals surface area contributed by atoms with E-state index in [1.807, 2.05) is 44.2 Å². The molecule has 1 aliphatic heterocycles. The molecule has 0 spiro atoms. The van der Waals surface area contributed by atoms with Gasteiger partial charge in [-0.1, -0.05) is 75.8 Å². The molecule has 142 valence electrons. The van der Waals surface area contributed by atoms with Crippen LogP contribution in [-0.4, -0.2) is 24.2 Å². The van der Waals surface area contributed by atoms with E-state index in [9.17, 15) is 9.67 Å². The van der Waals surface area contributed by atoms with E-state index in [0.29, 0.717) is 5.57 Å². The molecule has 1 aliphatic rings. The van der Waals surface area contributed by atoms with Crippen LogP contribution in [0, 0.1) is 17.3 Å².